The van der Waals surface area contributed by atoms with Crippen LogP contribution in [0.4, 0.5) is 0 Å². The highest BCUT2D eigenvalue weighted by Gasteiger charge is 2.16. The fraction of sp³-hybridized carbons (Fsp3) is 0.174. The van der Waals surface area contributed by atoms with Gasteiger partial charge in [-0.2, -0.15) is 0 Å². The maximum Gasteiger partial charge on any atom is 0.275 e. The van der Waals surface area contributed by atoms with Crippen molar-refractivity contribution in [3.05, 3.63) is 76.6 Å². The van der Waals surface area contributed by atoms with Crippen molar-refractivity contribution in [1.82, 2.24) is 19.1 Å². The Labute approximate surface area is 187 Å². The van der Waals surface area contributed by atoms with Crippen LogP contribution in [0.5, 0.6) is 0 Å². The van der Waals surface area contributed by atoms with Gasteiger partial charge in [-0.3, -0.25) is 9.36 Å². The minimum absolute atomic E-state index is 0.120. The molecule has 1 N–H and O–H groups in total. The second-order valence-electron chi connectivity index (χ2n) is 8.11. The summed E-state index contributed by atoms with van der Waals surface area (Å²) in [5, 5.41) is 10.8. The van der Waals surface area contributed by atoms with Crippen molar-refractivity contribution in [2.75, 3.05) is 0 Å². The third-order valence-corrected chi connectivity index (χ3v) is 6.42. The van der Waals surface area contributed by atoms with E-state index in [-0.39, 0.29) is 5.56 Å². The topological polar surface area (TPSA) is 72.9 Å². The highest BCUT2D eigenvalue weighted by Crippen LogP contribution is 2.31. The van der Waals surface area contributed by atoms with E-state index in [2.05, 4.69) is 9.97 Å². The van der Waals surface area contributed by atoms with Gasteiger partial charge >= 0.3 is 0 Å². The van der Waals surface area contributed by atoms with Crippen LogP contribution in [0.3, 0.4) is 0 Å². The molecule has 156 valence electrons. The van der Waals surface area contributed by atoms with Crippen LogP contribution in [0.15, 0.2) is 66.0 Å². The number of aliphatic hydroxyl groups is 1. The minimum atomic E-state index is -0.848. The largest absolute Gasteiger partial charge is 0.389 e. The summed E-state index contributed by atoms with van der Waals surface area (Å²) in [6.45, 7) is 3.94. The number of halogens is 1. The predicted octanol–water partition coefficient (Wildman–Crippen LogP) is 4.89. The van der Waals surface area contributed by atoms with Crippen LogP contribution in [0.1, 0.15) is 13.8 Å². The molecule has 0 bridgehead atoms. The zero-order valence-electron chi connectivity index (χ0n) is 16.9. The Bertz CT molecular complexity index is 1480. The molecule has 3 aromatic heterocycles. The molecular weight excluding hydrogens is 432 g/mol. The van der Waals surface area contributed by atoms with Gasteiger partial charge in [0.2, 0.25) is 0 Å². The Hall–Kier alpha value is -3.00. The van der Waals surface area contributed by atoms with Gasteiger partial charge in [-0.25, -0.2) is 9.97 Å². The lowest BCUT2D eigenvalue weighted by Crippen LogP contribution is -2.25. The smallest absolute Gasteiger partial charge is 0.275 e. The van der Waals surface area contributed by atoms with E-state index in [1.54, 1.807) is 31.1 Å². The highest BCUT2D eigenvalue weighted by molar-refractivity contribution is 7.22. The molecule has 0 aliphatic carbocycles. The molecule has 0 radical (unpaired) electrons. The van der Waals surface area contributed by atoms with Crippen molar-refractivity contribution in [2.24, 2.45) is 0 Å². The van der Waals surface area contributed by atoms with Gasteiger partial charge in [-0.1, -0.05) is 23.7 Å². The van der Waals surface area contributed by atoms with Gasteiger partial charge in [0.15, 0.2) is 0 Å². The van der Waals surface area contributed by atoms with Crippen LogP contribution in [0.25, 0.3) is 37.4 Å². The Morgan fingerprint density at radius 3 is 2.52 bits per heavy atom. The third-order valence-electron chi connectivity index (χ3n) is 5.01. The lowest BCUT2D eigenvalue weighted by Gasteiger charge is -2.18. The Morgan fingerprint density at radius 1 is 1.03 bits per heavy atom. The second kappa shape index (κ2) is 7.30. The third kappa shape index (κ3) is 3.76. The molecule has 6 nitrogen and oxygen atoms in total. The molecule has 0 amide bonds. The summed E-state index contributed by atoms with van der Waals surface area (Å²) in [7, 11) is 0. The number of hydrogen-bond donors (Lipinski definition) is 1. The van der Waals surface area contributed by atoms with Gasteiger partial charge in [-0.05, 0) is 55.8 Å². The summed E-state index contributed by atoms with van der Waals surface area (Å²) >= 11 is 7.40. The summed E-state index contributed by atoms with van der Waals surface area (Å²) in [6.07, 6.45) is 3.26. The van der Waals surface area contributed by atoms with E-state index in [0.29, 0.717) is 27.5 Å². The Balaban J connectivity index is 1.57. The Kier molecular flexibility index (Phi) is 4.69. The van der Waals surface area contributed by atoms with Crippen LogP contribution < -0.4 is 5.56 Å². The van der Waals surface area contributed by atoms with Crippen LogP contribution >= 0.6 is 22.9 Å². The molecule has 5 rings (SSSR count). The zero-order chi connectivity index (χ0) is 21.8. The van der Waals surface area contributed by atoms with Crippen LogP contribution in [-0.2, 0) is 6.54 Å². The van der Waals surface area contributed by atoms with E-state index < -0.39 is 5.60 Å². The van der Waals surface area contributed by atoms with Crippen molar-refractivity contribution in [1.29, 1.82) is 0 Å². The number of hydrogen-bond acceptors (Lipinski definition) is 5. The van der Waals surface area contributed by atoms with E-state index in [9.17, 15) is 9.90 Å². The summed E-state index contributed by atoms with van der Waals surface area (Å²) < 4.78 is 4.04. The molecule has 31 heavy (non-hydrogen) atoms. The second-order valence-corrected chi connectivity index (χ2v) is 9.60. The Morgan fingerprint density at radius 2 is 1.77 bits per heavy atom. The van der Waals surface area contributed by atoms with E-state index in [1.165, 1.54) is 11.3 Å². The average molecular weight is 451 g/mol. The van der Waals surface area contributed by atoms with Crippen LogP contribution in [-0.4, -0.2) is 29.8 Å². The SMILES string of the molecule is CC(C)(O)Cn1cnc2cc(-n3cnc4cc(-c5ccc(Cl)cc5)sc4c3=O)ccc21. The molecule has 3 heterocycles. The summed E-state index contributed by atoms with van der Waals surface area (Å²) in [6, 6.07) is 15.1. The maximum atomic E-state index is 13.2. The molecule has 8 heteroatoms. The molecular formula is C23H19ClN4O2S. The molecule has 0 spiro atoms. The van der Waals surface area contributed by atoms with Crippen molar-refractivity contribution in [2.45, 2.75) is 26.0 Å². The maximum absolute atomic E-state index is 13.2. The highest BCUT2D eigenvalue weighted by atomic mass is 35.5. The summed E-state index contributed by atoms with van der Waals surface area (Å²) in [4.78, 5) is 23.1. The van der Waals surface area contributed by atoms with Gasteiger partial charge in [0, 0.05) is 9.90 Å². The molecule has 0 aliphatic heterocycles. The minimum Gasteiger partial charge on any atom is -0.389 e. The van der Waals surface area contributed by atoms with E-state index in [0.717, 1.165) is 21.5 Å². The summed E-state index contributed by atoms with van der Waals surface area (Å²) in [5.41, 5.74) is 3.05. The number of imidazole rings is 1. The van der Waals surface area contributed by atoms with Crippen LogP contribution in [0, 0.1) is 0 Å². The zero-order valence-corrected chi connectivity index (χ0v) is 18.5. The monoisotopic (exact) mass is 450 g/mol. The van der Waals surface area contributed by atoms with Crippen LogP contribution in [0.2, 0.25) is 5.02 Å². The molecule has 0 fully saturated rings. The number of aromatic nitrogens is 4. The van der Waals surface area contributed by atoms with Crippen molar-refractivity contribution in [3.8, 4) is 16.1 Å². The molecule has 0 saturated carbocycles. The van der Waals surface area contributed by atoms with Gasteiger partial charge in [0.25, 0.3) is 5.56 Å². The molecule has 0 aliphatic rings. The van der Waals surface area contributed by atoms with Gasteiger partial charge in [0.05, 0.1) is 40.7 Å². The molecule has 0 saturated heterocycles. The number of benzene rings is 2. The van der Waals surface area contributed by atoms with Gasteiger partial charge in [0.1, 0.15) is 11.0 Å². The number of thiophene rings is 1. The number of rotatable bonds is 4. The first-order valence-corrected chi connectivity index (χ1v) is 10.9. The normalized spacial score (nSPS) is 12.1. The molecule has 2 aromatic carbocycles. The number of nitrogens with zero attached hydrogens (tertiary/aromatic N) is 4. The van der Waals surface area contributed by atoms with E-state index in [1.807, 2.05) is 53.1 Å². The fourth-order valence-electron chi connectivity index (χ4n) is 3.60. The van der Waals surface area contributed by atoms with Gasteiger partial charge in [-0.15, -0.1) is 11.3 Å². The quantitative estimate of drug-likeness (QED) is 0.423. The number of fused-ring (bicyclic) bond motifs is 2. The molecule has 0 atom stereocenters. The predicted molar refractivity (Wildman–Crippen MR) is 125 cm³/mol. The lowest BCUT2D eigenvalue weighted by atomic mass is 10.1. The van der Waals surface area contributed by atoms with Gasteiger partial charge < -0.3 is 9.67 Å². The first-order valence-electron chi connectivity index (χ1n) is 9.73. The summed E-state index contributed by atoms with van der Waals surface area (Å²) in [5.74, 6) is 0. The standard InChI is InChI=1S/C23H19ClN4O2S/c1-23(2,30)11-27-12-25-17-9-16(7-8-19(17)27)28-13-26-18-10-20(31-21(18)22(28)29)14-3-5-15(24)6-4-14/h3-10,12-13,30H,11H2,1-2H3. The molecule has 0 unspecified atom stereocenters. The van der Waals surface area contributed by atoms with Crippen molar-refractivity contribution < 1.29 is 5.11 Å². The first-order chi connectivity index (χ1) is 14.8. The van der Waals surface area contributed by atoms with E-state index in [4.69, 9.17) is 11.6 Å². The van der Waals surface area contributed by atoms with E-state index >= 15 is 0 Å². The lowest BCUT2D eigenvalue weighted by molar-refractivity contribution is 0.0627. The van der Waals surface area contributed by atoms with Crippen molar-refractivity contribution in [3.63, 3.8) is 0 Å². The molecule has 5 aromatic rings. The first kappa shape index (κ1) is 19.9. The fourth-order valence-corrected chi connectivity index (χ4v) is 4.77. The van der Waals surface area contributed by atoms with Crippen molar-refractivity contribution >= 4 is 44.2 Å². The average Bonchev–Trinajstić information content (AvgIpc) is 3.32.